The molecular weight excluding hydrogens is 390 g/mol. The van der Waals surface area contributed by atoms with E-state index in [1.54, 1.807) is 12.0 Å². The normalized spacial score (nSPS) is 20.9. The number of hydroxylamine groups is 2. The van der Waals surface area contributed by atoms with Gasteiger partial charge >= 0.3 is 0 Å². The highest BCUT2D eigenvalue weighted by atomic mass is 16.5. The molecule has 1 saturated carbocycles. The Balaban J connectivity index is 0.000000424. The largest absolute Gasteiger partial charge is 0.382 e. The Bertz CT molecular complexity index is 501. The lowest BCUT2D eigenvalue weighted by molar-refractivity contribution is -0.157. The lowest BCUT2D eigenvalue weighted by Gasteiger charge is -2.28. The van der Waals surface area contributed by atoms with Crippen LogP contribution in [0.25, 0.3) is 0 Å². The summed E-state index contributed by atoms with van der Waals surface area (Å²) in [6.45, 7) is 3.82. The molecule has 2 N–H and O–H groups in total. The Kier molecular flexibility index (Phi) is 13.5. The second-order valence-electron chi connectivity index (χ2n) is 8.12. The van der Waals surface area contributed by atoms with Crippen molar-refractivity contribution in [2.24, 2.45) is 11.8 Å². The highest BCUT2D eigenvalue weighted by Crippen LogP contribution is 2.32. The predicted molar refractivity (Wildman–Crippen MR) is 112 cm³/mol. The monoisotopic (exact) mass is 429 g/mol. The zero-order valence-corrected chi connectivity index (χ0v) is 18.6. The number of amides is 2. The van der Waals surface area contributed by atoms with Crippen molar-refractivity contribution >= 4 is 18.6 Å². The number of likely N-dealkylation sites (tertiary alicyclic amines) is 1. The van der Waals surface area contributed by atoms with Crippen LogP contribution in [0.1, 0.15) is 51.9 Å². The molecular formula is C21H39N3O6. The second kappa shape index (κ2) is 15.3. The number of aldehydes is 1. The van der Waals surface area contributed by atoms with E-state index >= 15 is 0 Å². The van der Waals surface area contributed by atoms with E-state index in [0.29, 0.717) is 50.1 Å². The Hall–Kier alpha value is -1.55. The lowest BCUT2D eigenvalue weighted by atomic mass is 9.91. The molecule has 0 aromatic heterocycles. The third kappa shape index (κ3) is 9.51. The molecule has 0 spiro atoms. The maximum atomic E-state index is 12.7. The van der Waals surface area contributed by atoms with Gasteiger partial charge in [-0.05, 0) is 39.2 Å². The van der Waals surface area contributed by atoms with Crippen LogP contribution < -0.4 is 5.32 Å². The Morgan fingerprint density at radius 3 is 2.53 bits per heavy atom. The summed E-state index contributed by atoms with van der Waals surface area (Å²) in [4.78, 5) is 36.0. The zero-order valence-electron chi connectivity index (χ0n) is 18.6. The van der Waals surface area contributed by atoms with Crippen LogP contribution in [0.15, 0.2) is 0 Å². The summed E-state index contributed by atoms with van der Waals surface area (Å²) >= 11 is 0. The van der Waals surface area contributed by atoms with Crippen molar-refractivity contribution in [2.75, 3.05) is 40.6 Å². The van der Waals surface area contributed by atoms with Gasteiger partial charge in [0.2, 0.25) is 12.3 Å². The third-order valence-corrected chi connectivity index (χ3v) is 5.62. The summed E-state index contributed by atoms with van der Waals surface area (Å²) in [5.41, 5.74) is 0. The van der Waals surface area contributed by atoms with Crippen LogP contribution in [-0.2, 0) is 23.9 Å². The van der Waals surface area contributed by atoms with Gasteiger partial charge in [0, 0.05) is 13.7 Å². The van der Waals surface area contributed by atoms with E-state index in [1.807, 2.05) is 14.0 Å². The fraction of sp³-hybridized carbons (Fsp3) is 0.857. The fourth-order valence-electron chi connectivity index (χ4n) is 4.12. The highest BCUT2D eigenvalue weighted by Gasteiger charge is 2.35. The van der Waals surface area contributed by atoms with Crippen LogP contribution in [0, 0.1) is 11.8 Å². The molecule has 2 aliphatic rings. The first kappa shape index (κ1) is 26.5. The highest BCUT2D eigenvalue weighted by molar-refractivity contribution is 5.82. The molecule has 1 aliphatic carbocycles. The van der Waals surface area contributed by atoms with Gasteiger partial charge in [0.25, 0.3) is 0 Å². The molecule has 2 amide bonds. The van der Waals surface area contributed by atoms with E-state index in [-0.39, 0.29) is 24.6 Å². The lowest BCUT2D eigenvalue weighted by Crippen LogP contribution is -2.44. The van der Waals surface area contributed by atoms with Gasteiger partial charge in [-0.2, -0.15) is 0 Å². The van der Waals surface area contributed by atoms with Gasteiger partial charge < -0.3 is 19.2 Å². The van der Waals surface area contributed by atoms with Gasteiger partial charge in [0.1, 0.15) is 6.29 Å². The van der Waals surface area contributed by atoms with E-state index in [2.05, 4.69) is 5.32 Å². The van der Waals surface area contributed by atoms with Crippen molar-refractivity contribution < 1.29 is 29.1 Å². The van der Waals surface area contributed by atoms with E-state index in [9.17, 15) is 19.6 Å². The van der Waals surface area contributed by atoms with Gasteiger partial charge in [0.05, 0.1) is 37.9 Å². The molecule has 1 aliphatic heterocycles. The Morgan fingerprint density at radius 1 is 1.27 bits per heavy atom. The van der Waals surface area contributed by atoms with Crippen LogP contribution >= 0.6 is 0 Å². The molecule has 9 heteroatoms. The van der Waals surface area contributed by atoms with Crippen molar-refractivity contribution in [2.45, 2.75) is 64.0 Å². The van der Waals surface area contributed by atoms with E-state index in [1.165, 1.54) is 12.8 Å². The molecule has 0 aromatic carbocycles. The van der Waals surface area contributed by atoms with Crippen LogP contribution in [0.3, 0.4) is 0 Å². The number of carbonyl (C=O) groups excluding carboxylic acids is 3. The average Bonchev–Trinajstić information content (AvgIpc) is 3.43. The van der Waals surface area contributed by atoms with Crippen LogP contribution in [-0.4, -0.2) is 86.5 Å². The van der Waals surface area contributed by atoms with Crippen molar-refractivity contribution in [3.8, 4) is 0 Å². The molecule has 1 heterocycles. The summed E-state index contributed by atoms with van der Waals surface area (Å²) in [7, 11) is 3.51. The molecule has 0 radical (unpaired) electrons. The van der Waals surface area contributed by atoms with Crippen molar-refractivity contribution in [3.63, 3.8) is 0 Å². The molecule has 0 aromatic rings. The standard InChI is InChI=1S/C15H24N2O4.C6H15NO2/c18-10-14-6-3-7-17(14)15(20)13(9-16(21)11-19)8-12-4-1-2-5-12;1-6(4-8-3)9-5-7-2/h10-14,21H,1-9H2;6-7H,4-5H2,1-3H3. The number of carbonyl (C=O) groups is 3. The minimum Gasteiger partial charge on any atom is -0.382 e. The van der Waals surface area contributed by atoms with Gasteiger partial charge in [-0.15, -0.1) is 0 Å². The number of methoxy groups -OCH3 is 1. The summed E-state index contributed by atoms with van der Waals surface area (Å²) in [6, 6.07) is -0.341. The summed E-state index contributed by atoms with van der Waals surface area (Å²) in [5.74, 6) is -0.0301. The minimum absolute atomic E-state index is 0.0148. The summed E-state index contributed by atoms with van der Waals surface area (Å²) < 4.78 is 10.0. The number of ether oxygens (including phenoxy) is 2. The van der Waals surface area contributed by atoms with Crippen LogP contribution in [0.5, 0.6) is 0 Å². The van der Waals surface area contributed by atoms with Crippen LogP contribution in [0.4, 0.5) is 0 Å². The van der Waals surface area contributed by atoms with Gasteiger partial charge in [-0.1, -0.05) is 25.7 Å². The number of nitrogens with zero attached hydrogens (tertiary/aromatic N) is 2. The van der Waals surface area contributed by atoms with Crippen molar-refractivity contribution in [3.05, 3.63) is 0 Å². The second-order valence-corrected chi connectivity index (χ2v) is 8.12. The maximum Gasteiger partial charge on any atom is 0.233 e. The topological polar surface area (TPSA) is 108 Å². The number of rotatable bonds is 12. The Labute approximate surface area is 180 Å². The molecule has 3 atom stereocenters. The molecule has 9 nitrogen and oxygen atoms in total. The van der Waals surface area contributed by atoms with Gasteiger partial charge in [0.15, 0.2) is 0 Å². The first-order valence-corrected chi connectivity index (χ1v) is 10.9. The van der Waals surface area contributed by atoms with Crippen molar-refractivity contribution in [1.82, 2.24) is 15.3 Å². The fourth-order valence-corrected chi connectivity index (χ4v) is 4.12. The molecule has 30 heavy (non-hydrogen) atoms. The molecule has 174 valence electrons. The van der Waals surface area contributed by atoms with E-state index in [4.69, 9.17) is 9.47 Å². The summed E-state index contributed by atoms with van der Waals surface area (Å²) in [6.07, 6.45) is 8.15. The average molecular weight is 430 g/mol. The number of hydrogen-bond acceptors (Lipinski definition) is 7. The van der Waals surface area contributed by atoms with E-state index in [0.717, 1.165) is 25.5 Å². The predicted octanol–water partition coefficient (Wildman–Crippen LogP) is 1.44. The Morgan fingerprint density at radius 2 is 1.97 bits per heavy atom. The molecule has 3 unspecified atom stereocenters. The van der Waals surface area contributed by atoms with E-state index < -0.39 is 5.92 Å². The minimum atomic E-state index is -0.413. The molecule has 1 saturated heterocycles. The first-order chi connectivity index (χ1) is 14.5. The van der Waals surface area contributed by atoms with Gasteiger partial charge in [-0.25, -0.2) is 5.06 Å². The molecule has 2 rings (SSSR count). The number of hydrogen-bond donors (Lipinski definition) is 2. The third-order valence-electron chi connectivity index (χ3n) is 5.62. The quantitative estimate of drug-likeness (QED) is 0.209. The number of nitrogens with one attached hydrogen (secondary N) is 1. The SMILES string of the molecule is CNCOC(C)COC.O=CC1CCCN1C(=O)C(CC1CCCC1)CN(O)C=O. The molecule has 0 bridgehead atoms. The maximum absolute atomic E-state index is 12.7. The summed E-state index contributed by atoms with van der Waals surface area (Å²) in [5, 5.41) is 12.9. The van der Waals surface area contributed by atoms with Crippen molar-refractivity contribution in [1.29, 1.82) is 0 Å². The van der Waals surface area contributed by atoms with Crippen LogP contribution in [0.2, 0.25) is 0 Å². The zero-order chi connectivity index (χ0) is 22.4. The smallest absolute Gasteiger partial charge is 0.233 e. The molecule has 2 fully saturated rings. The first-order valence-electron chi connectivity index (χ1n) is 10.9. The van der Waals surface area contributed by atoms with Gasteiger partial charge in [-0.3, -0.25) is 20.1 Å².